The number of hydrogen-bond donors (Lipinski definition) is 1. The van der Waals surface area contributed by atoms with Gasteiger partial charge in [-0.1, -0.05) is 6.07 Å². The molecular formula is C21H25N3O5S. The lowest BCUT2D eigenvalue weighted by atomic mass is 9.98. The van der Waals surface area contributed by atoms with Crippen molar-refractivity contribution in [2.45, 2.75) is 38.4 Å². The van der Waals surface area contributed by atoms with Gasteiger partial charge in [0.05, 0.1) is 26.0 Å². The van der Waals surface area contributed by atoms with E-state index in [9.17, 15) is 9.59 Å². The number of aryl methyl sites for hydroxylation is 1. The summed E-state index contributed by atoms with van der Waals surface area (Å²) in [6, 6.07) is 5.71. The molecule has 2 aliphatic rings. The van der Waals surface area contributed by atoms with Gasteiger partial charge < -0.3 is 24.4 Å². The third kappa shape index (κ3) is 4.73. The van der Waals surface area contributed by atoms with Gasteiger partial charge in [-0.25, -0.2) is 4.98 Å². The predicted molar refractivity (Wildman–Crippen MR) is 112 cm³/mol. The number of rotatable bonds is 7. The Kier molecular flexibility index (Phi) is 6.19. The van der Waals surface area contributed by atoms with E-state index in [2.05, 4.69) is 10.3 Å². The zero-order valence-electron chi connectivity index (χ0n) is 17.1. The first-order valence-corrected chi connectivity index (χ1v) is 10.9. The molecule has 30 heavy (non-hydrogen) atoms. The molecule has 2 atom stereocenters. The van der Waals surface area contributed by atoms with Crippen molar-refractivity contribution in [1.82, 2.24) is 9.88 Å². The van der Waals surface area contributed by atoms with Gasteiger partial charge in [-0.15, -0.1) is 11.3 Å². The number of aromatic nitrogens is 1. The molecule has 1 aromatic heterocycles. The van der Waals surface area contributed by atoms with E-state index >= 15 is 0 Å². The number of amides is 2. The molecule has 0 radical (unpaired) electrons. The molecule has 4 rings (SSSR count). The molecule has 2 aliphatic heterocycles. The smallest absolute Gasteiger partial charge is 0.245 e. The van der Waals surface area contributed by atoms with Crippen molar-refractivity contribution in [3.8, 4) is 11.5 Å². The van der Waals surface area contributed by atoms with Crippen LogP contribution in [0, 0.1) is 6.92 Å². The lowest BCUT2D eigenvalue weighted by molar-refractivity contribution is -0.131. The van der Waals surface area contributed by atoms with Crippen LogP contribution in [0.1, 0.15) is 36.4 Å². The Morgan fingerprint density at radius 2 is 2.27 bits per heavy atom. The average molecular weight is 432 g/mol. The quantitative estimate of drug-likeness (QED) is 0.725. The summed E-state index contributed by atoms with van der Waals surface area (Å²) in [5, 5.41) is 5.17. The van der Waals surface area contributed by atoms with E-state index in [-0.39, 0.29) is 30.6 Å². The zero-order valence-corrected chi connectivity index (χ0v) is 17.9. The van der Waals surface area contributed by atoms with E-state index < -0.39 is 0 Å². The summed E-state index contributed by atoms with van der Waals surface area (Å²) in [6.45, 7) is 3.06. The standard InChI is InChI=1S/C21H25N3O5S/c1-13-12-30-21(22-13)23-18(25)11-24-10-15(9-19(24)26)14-5-6-16(27-2)17(8-14)29-20-4-3-7-28-20/h5-6,8,12,15,20H,3-4,7,9-11H2,1-2H3,(H,22,23,25)/t15-,20?/m1/s1. The topological polar surface area (TPSA) is 90.0 Å². The summed E-state index contributed by atoms with van der Waals surface area (Å²) in [4.78, 5) is 30.6. The average Bonchev–Trinajstić information content (AvgIpc) is 3.45. The van der Waals surface area contributed by atoms with E-state index in [4.69, 9.17) is 14.2 Å². The van der Waals surface area contributed by atoms with E-state index in [0.717, 1.165) is 24.1 Å². The molecule has 1 N–H and O–H groups in total. The molecule has 0 aliphatic carbocycles. The monoisotopic (exact) mass is 431 g/mol. The van der Waals surface area contributed by atoms with Gasteiger partial charge in [-0.05, 0) is 31.0 Å². The second-order valence-electron chi connectivity index (χ2n) is 7.49. The highest BCUT2D eigenvalue weighted by Gasteiger charge is 2.32. The van der Waals surface area contributed by atoms with Crippen LogP contribution in [0.4, 0.5) is 5.13 Å². The van der Waals surface area contributed by atoms with Crippen LogP contribution in [-0.4, -0.2) is 54.8 Å². The van der Waals surface area contributed by atoms with E-state index in [1.54, 1.807) is 12.0 Å². The molecule has 2 saturated heterocycles. The van der Waals surface area contributed by atoms with Crippen LogP contribution in [0.15, 0.2) is 23.6 Å². The Morgan fingerprint density at radius 3 is 2.97 bits per heavy atom. The largest absolute Gasteiger partial charge is 0.493 e. The summed E-state index contributed by atoms with van der Waals surface area (Å²) < 4.78 is 16.9. The van der Waals surface area contributed by atoms with Crippen LogP contribution in [0.25, 0.3) is 0 Å². The Hall–Kier alpha value is -2.65. The number of methoxy groups -OCH3 is 1. The molecule has 2 aromatic rings. The van der Waals surface area contributed by atoms with Gasteiger partial charge in [0.15, 0.2) is 22.9 Å². The number of carbonyl (C=O) groups excluding carboxylic acids is 2. The van der Waals surface area contributed by atoms with Gasteiger partial charge in [-0.3, -0.25) is 9.59 Å². The summed E-state index contributed by atoms with van der Waals surface area (Å²) >= 11 is 1.37. The lowest BCUT2D eigenvalue weighted by Gasteiger charge is -2.19. The zero-order chi connectivity index (χ0) is 21.1. The van der Waals surface area contributed by atoms with Gasteiger partial charge >= 0.3 is 0 Å². The molecule has 9 heteroatoms. The number of likely N-dealkylation sites (tertiary alicyclic amines) is 1. The lowest BCUT2D eigenvalue weighted by Crippen LogP contribution is -2.34. The normalized spacial score (nSPS) is 21.1. The number of hydrogen-bond acceptors (Lipinski definition) is 7. The van der Waals surface area contributed by atoms with Gasteiger partial charge in [0.1, 0.15) is 0 Å². The van der Waals surface area contributed by atoms with Crippen LogP contribution in [0.3, 0.4) is 0 Å². The number of carbonyl (C=O) groups is 2. The molecule has 0 bridgehead atoms. The molecule has 0 spiro atoms. The maximum absolute atomic E-state index is 12.5. The molecular weight excluding hydrogens is 406 g/mol. The van der Waals surface area contributed by atoms with Crippen molar-refractivity contribution >= 4 is 28.3 Å². The minimum Gasteiger partial charge on any atom is -0.493 e. The van der Waals surface area contributed by atoms with Crippen molar-refractivity contribution in [2.24, 2.45) is 0 Å². The fraction of sp³-hybridized carbons (Fsp3) is 0.476. The Bertz CT molecular complexity index is 925. The van der Waals surface area contributed by atoms with E-state index in [1.807, 2.05) is 30.5 Å². The highest BCUT2D eigenvalue weighted by molar-refractivity contribution is 7.13. The van der Waals surface area contributed by atoms with Crippen LogP contribution in [0.5, 0.6) is 11.5 Å². The van der Waals surface area contributed by atoms with Gasteiger partial charge in [0.25, 0.3) is 0 Å². The fourth-order valence-corrected chi connectivity index (χ4v) is 4.42. The summed E-state index contributed by atoms with van der Waals surface area (Å²) in [5.41, 5.74) is 1.84. The number of ether oxygens (including phenoxy) is 3. The van der Waals surface area contributed by atoms with Crippen molar-refractivity contribution in [3.05, 3.63) is 34.8 Å². The maximum Gasteiger partial charge on any atom is 0.245 e. The first kappa shape index (κ1) is 20.6. The second kappa shape index (κ2) is 9.01. The number of benzene rings is 1. The maximum atomic E-state index is 12.5. The molecule has 2 fully saturated rings. The first-order valence-electron chi connectivity index (χ1n) is 9.98. The van der Waals surface area contributed by atoms with Crippen LogP contribution in [0.2, 0.25) is 0 Å². The van der Waals surface area contributed by atoms with Crippen molar-refractivity contribution < 1.29 is 23.8 Å². The van der Waals surface area contributed by atoms with Crippen LogP contribution >= 0.6 is 11.3 Å². The van der Waals surface area contributed by atoms with Crippen molar-refractivity contribution in [3.63, 3.8) is 0 Å². The molecule has 1 unspecified atom stereocenters. The SMILES string of the molecule is COc1ccc([C@@H]2CC(=O)N(CC(=O)Nc3nc(C)cs3)C2)cc1OC1CCCO1. The minimum absolute atomic E-state index is 0.00911. The number of nitrogens with one attached hydrogen (secondary N) is 1. The van der Waals surface area contributed by atoms with E-state index in [1.165, 1.54) is 11.3 Å². The number of thiazole rings is 1. The van der Waals surface area contributed by atoms with E-state index in [0.29, 0.717) is 36.2 Å². The van der Waals surface area contributed by atoms with Crippen molar-refractivity contribution in [2.75, 3.05) is 32.1 Å². The second-order valence-corrected chi connectivity index (χ2v) is 8.35. The first-order chi connectivity index (χ1) is 14.5. The van der Waals surface area contributed by atoms with Crippen molar-refractivity contribution in [1.29, 1.82) is 0 Å². The molecule has 160 valence electrons. The molecule has 0 saturated carbocycles. The van der Waals surface area contributed by atoms with Gasteiger partial charge in [-0.2, -0.15) is 0 Å². The highest BCUT2D eigenvalue weighted by atomic mass is 32.1. The number of anilines is 1. The number of nitrogens with zero attached hydrogens (tertiary/aromatic N) is 2. The molecule has 8 nitrogen and oxygen atoms in total. The van der Waals surface area contributed by atoms with Gasteiger partial charge in [0.2, 0.25) is 11.8 Å². The van der Waals surface area contributed by atoms with Crippen LogP contribution < -0.4 is 14.8 Å². The Morgan fingerprint density at radius 1 is 1.40 bits per heavy atom. The Balaban J connectivity index is 1.40. The molecule has 3 heterocycles. The highest BCUT2D eigenvalue weighted by Crippen LogP contribution is 2.36. The summed E-state index contributed by atoms with van der Waals surface area (Å²) in [7, 11) is 1.60. The summed E-state index contributed by atoms with van der Waals surface area (Å²) in [6.07, 6.45) is 1.90. The third-order valence-corrected chi connectivity index (χ3v) is 6.10. The third-order valence-electron chi connectivity index (χ3n) is 5.22. The molecule has 1 aromatic carbocycles. The fourth-order valence-electron chi connectivity index (χ4n) is 3.71. The predicted octanol–water partition coefficient (Wildman–Crippen LogP) is 2.93. The minimum atomic E-state index is -0.269. The Labute approximate surface area is 179 Å². The molecule has 2 amide bonds. The van der Waals surface area contributed by atoms with Gasteiger partial charge in [0, 0.05) is 30.7 Å². The van der Waals surface area contributed by atoms with Crippen LogP contribution in [-0.2, 0) is 14.3 Å². The summed E-state index contributed by atoms with van der Waals surface area (Å²) in [5.74, 6) is 0.960.